The number of methoxy groups -OCH3 is 1. The first kappa shape index (κ1) is 14.0. The summed E-state index contributed by atoms with van der Waals surface area (Å²) in [6.45, 7) is 0. The van der Waals surface area contributed by atoms with Gasteiger partial charge in [0.15, 0.2) is 0 Å². The minimum absolute atomic E-state index is 0.116. The van der Waals surface area contributed by atoms with Crippen molar-refractivity contribution < 1.29 is 17.9 Å². The van der Waals surface area contributed by atoms with Crippen LogP contribution in [0.2, 0.25) is 0 Å². The van der Waals surface area contributed by atoms with Crippen molar-refractivity contribution in [2.45, 2.75) is 37.4 Å². The number of hydrogen-bond donors (Lipinski definition) is 1. The van der Waals surface area contributed by atoms with E-state index in [1.807, 2.05) is 0 Å². The summed E-state index contributed by atoms with van der Waals surface area (Å²) in [6, 6.07) is 0. The number of nitrogens with zero attached hydrogens (tertiary/aromatic N) is 2. The molecule has 1 aliphatic rings. The highest BCUT2D eigenvalue weighted by molar-refractivity contribution is 5.26. The van der Waals surface area contributed by atoms with Crippen LogP contribution >= 0.6 is 0 Å². The van der Waals surface area contributed by atoms with Crippen molar-refractivity contribution >= 4 is 0 Å². The van der Waals surface area contributed by atoms with E-state index in [4.69, 9.17) is 10.5 Å². The summed E-state index contributed by atoms with van der Waals surface area (Å²) in [5.41, 5.74) is 5.35. The summed E-state index contributed by atoms with van der Waals surface area (Å²) in [5, 5.41) is 0. The molecule has 19 heavy (non-hydrogen) atoms. The van der Waals surface area contributed by atoms with Gasteiger partial charge in [-0.15, -0.1) is 0 Å². The van der Waals surface area contributed by atoms with E-state index >= 15 is 0 Å². The molecule has 0 amide bonds. The fourth-order valence-corrected chi connectivity index (χ4v) is 2.62. The van der Waals surface area contributed by atoms with Crippen LogP contribution in [-0.4, -0.2) is 23.3 Å². The molecule has 0 bridgehead atoms. The Kier molecular flexibility index (Phi) is 3.66. The molecule has 1 aromatic heterocycles. The molecular weight excluding hydrogens is 259 g/mol. The molecule has 1 heterocycles. The zero-order valence-electron chi connectivity index (χ0n) is 10.6. The highest BCUT2D eigenvalue weighted by Crippen LogP contribution is 2.45. The van der Waals surface area contributed by atoms with Gasteiger partial charge in [0, 0.05) is 12.4 Å². The Bertz CT molecular complexity index is 452. The average Bonchev–Trinajstić information content (AvgIpc) is 2.38. The Hall–Kier alpha value is -1.37. The zero-order chi connectivity index (χ0) is 14.1. The minimum atomic E-state index is -4.22. The lowest BCUT2D eigenvalue weighted by Crippen LogP contribution is -2.45. The lowest BCUT2D eigenvalue weighted by atomic mass is 9.74. The van der Waals surface area contributed by atoms with Crippen LogP contribution in [-0.2, 0) is 5.54 Å². The van der Waals surface area contributed by atoms with Crippen LogP contribution in [0.4, 0.5) is 13.2 Å². The van der Waals surface area contributed by atoms with Crippen molar-refractivity contribution in [3.8, 4) is 5.88 Å². The third kappa shape index (κ3) is 2.80. The van der Waals surface area contributed by atoms with Gasteiger partial charge in [-0.05, 0) is 19.3 Å². The van der Waals surface area contributed by atoms with E-state index in [0.717, 1.165) is 0 Å². The molecule has 0 aliphatic heterocycles. The molecule has 2 atom stereocenters. The van der Waals surface area contributed by atoms with Gasteiger partial charge in [0.05, 0.1) is 18.6 Å². The van der Waals surface area contributed by atoms with E-state index < -0.39 is 17.6 Å². The van der Waals surface area contributed by atoms with Gasteiger partial charge in [-0.2, -0.15) is 13.2 Å². The Balaban J connectivity index is 2.31. The lowest BCUT2D eigenvalue weighted by molar-refractivity contribution is -0.187. The number of aromatic nitrogens is 2. The van der Waals surface area contributed by atoms with Crippen molar-refractivity contribution in [3.05, 3.63) is 18.1 Å². The maximum atomic E-state index is 12.9. The fourth-order valence-electron chi connectivity index (χ4n) is 2.62. The molecule has 0 spiro atoms. The number of nitrogens with two attached hydrogens (primary N) is 1. The smallest absolute Gasteiger partial charge is 0.391 e. The Morgan fingerprint density at radius 2 is 2.05 bits per heavy atom. The van der Waals surface area contributed by atoms with E-state index in [1.54, 1.807) is 0 Å². The molecule has 1 saturated carbocycles. The van der Waals surface area contributed by atoms with Crippen molar-refractivity contribution in [2.75, 3.05) is 7.11 Å². The lowest BCUT2D eigenvalue weighted by Gasteiger charge is -2.38. The van der Waals surface area contributed by atoms with E-state index in [1.165, 1.54) is 19.5 Å². The van der Waals surface area contributed by atoms with Crippen LogP contribution in [0, 0.1) is 5.92 Å². The molecule has 2 N–H and O–H groups in total. The summed E-state index contributed by atoms with van der Waals surface area (Å²) in [6.07, 6.45) is -0.564. The first-order valence-corrected chi connectivity index (χ1v) is 6.08. The van der Waals surface area contributed by atoms with Crippen molar-refractivity contribution in [2.24, 2.45) is 11.7 Å². The molecule has 7 heteroatoms. The molecule has 2 rings (SSSR count). The monoisotopic (exact) mass is 275 g/mol. The van der Waals surface area contributed by atoms with E-state index in [-0.39, 0.29) is 18.7 Å². The van der Waals surface area contributed by atoms with Gasteiger partial charge in [0.25, 0.3) is 0 Å². The fraction of sp³-hybridized carbons (Fsp3) is 0.667. The van der Waals surface area contributed by atoms with Gasteiger partial charge in [-0.25, -0.2) is 4.98 Å². The second-order valence-corrected chi connectivity index (χ2v) is 4.91. The minimum Gasteiger partial charge on any atom is -0.480 e. The first-order valence-electron chi connectivity index (χ1n) is 6.08. The molecular formula is C12H16F3N3O. The topological polar surface area (TPSA) is 61.0 Å². The van der Waals surface area contributed by atoms with E-state index in [0.29, 0.717) is 18.5 Å². The third-order valence-electron chi connectivity index (χ3n) is 3.58. The second-order valence-electron chi connectivity index (χ2n) is 4.91. The van der Waals surface area contributed by atoms with Gasteiger partial charge >= 0.3 is 6.18 Å². The van der Waals surface area contributed by atoms with Crippen LogP contribution in [0.15, 0.2) is 12.4 Å². The maximum absolute atomic E-state index is 12.9. The van der Waals surface area contributed by atoms with Crippen LogP contribution < -0.4 is 10.5 Å². The quantitative estimate of drug-likeness (QED) is 0.900. The summed E-state index contributed by atoms with van der Waals surface area (Å²) in [4.78, 5) is 8.04. The van der Waals surface area contributed by atoms with Gasteiger partial charge in [0.2, 0.25) is 5.88 Å². The summed E-state index contributed by atoms with van der Waals surface area (Å²) in [7, 11) is 1.40. The van der Waals surface area contributed by atoms with Crippen LogP contribution in [0.5, 0.6) is 5.88 Å². The van der Waals surface area contributed by atoms with Gasteiger partial charge in [-0.1, -0.05) is 6.42 Å². The van der Waals surface area contributed by atoms with Crippen LogP contribution in [0.3, 0.4) is 0 Å². The summed E-state index contributed by atoms with van der Waals surface area (Å²) < 4.78 is 43.6. The maximum Gasteiger partial charge on any atom is 0.391 e. The van der Waals surface area contributed by atoms with Crippen LogP contribution in [0.25, 0.3) is 0 Å². The zero-order valence-corrected chi connectivity index (χ0v) is 10.6. The van der Waals surface area contributed by atoms with Crippen molar-refractivity contribution in [1.82, 2.24) is 9.97 Å². The van der Waals surface area contributed by atoms with Gasteiger partial charge in [0.1, 0.15) is 5.69 Å². The molecule has 0 saturated heterocycles. The molecule has 106 valence electrons. The van der Waals surface area contributed by atoms with Gasteiger partial charge in [-0.3, -0.25) is 4.98 Å². The molecule has 0 radical (unpaired) electrons. The summed E-state index contributed by atoms with van der Waals surface area (Å²) in [5.74, 6) is -1.19. The number of hydrogen-bond acceptors (Lipinski definition) is 4. The molecule has 1 aromatic rings. The largest absolute Gasteiger partial charge is 0.480 e. The molecule has 1 aliphatic carbocycles. The number of rotatable bonds is 2. The summed E-state index contributed by atoms with van der Waals surface area (Å²) >= 11 is 0. The predicted molar refractivity (Wildman–Crippen MR) is 62.5 cm³/mol. The van der Waals surface area contributed by atoms with E-state index in [2.05, 4.69) is 9.97 Å². The second kappa shape index (κ2) is 4.96. The highest BCUT2D eigenvalue weighted by atomic mass is 19.4. The predicted octanol–water partition coefficient (Wildman–Crippen LogP) is 2.39. The molecule has 2 unspecified atom stereocenters. The van der Waals surface area contributed by atoms with Crippen molar-refractivity contribution in [1.29, 1.82) is 0 Å². The Morgan fingerprint density at radius 1 is 1.37 bits per heavy atom. The Morgan fingerprint density at radius 3 is 2.68 bits per heavy atom. The van der Waals surface area contributed by atoms with Gasteiger partial charge < -0.3 is 10.5 Å². The molecule has 1 fully saturated rings. The SMILES string of the molecule is COc1nccnc1C1(N)CCCC(C(F)(F)F)C1. The third-order valence-corrected chi connectivity index (χ3v) is 3.58. The Labute approximate surface area is 109 Å². The molecule has 0 aromatic carbocycles. The van der Waals surface area contributed by atoms with Crippen LogP contribution in [0.1, 0.15) is 31.4 Å². The standard InChI is InChI=1S/C12H16F3N3O/c1-19-10-9(17-5-6-18-10)11(16)4-2-3-8(7-11)12(13,14)15/h5-6,8H,2-4,7,16H2,1H3. The molecule has 4 nitrogen and oxygen atoms in total. The normalized spacial score (nSPS) is 28.2. The average molecular weight is 275 g/mol. The highest BCUT2D eigenvalue weighted by Gasteiger charge is 2.48. The first-order chi connectivity index (χ1) is 8.87. The van der Waals surface area contributed by atoms with E-state index in [9.17, 15) is 13.2 Å². The van der Waals surface area contributed by atoms with Crippen molar-refractivity contribution in [3.63, 3.8) is 0 Å². The number of alkyl halides is 3. The number of ether oxygens (including phenoxy) is 1. The number of halogens is 3.